The highest BCUT2D eigenvalue weighted by Crippen LogP contribution is 2.35. The van der Waals surface area contributed by atoms with Gasteiger partial charge >= 0.3 is 0 Å². The summed E-state index contributed by atoms with van der Waals surface area (Å²) in [5, 5.41) is 0.881. The van der Waals surface area contributed by atoms with Crippen LogP contribution < -0.4 is 4.90 Å². The molecule has 0 saturated carbocycles. The van der Waals surface area contributed by atoms with Crippen LogP contribution in [0.5, 0.6) is 0 Å². The van der Waals surface area contributed by atoms with Crippen molar-refractivity contribution >= 4 is 21.7 Å². The first-order valence-corrected chi connectivity index (χ1v) is 7.80. The number of aromatic nitrogens is 1. The van der Waals surface area contributed by atoms with E-state index < -0.39 is 0 Å². The molecule has 0 aromatic carbocycles. The van der Waals surface area contributed by atoms with Gasteiger partial charge in [0.05, 0.1) is 0 Å². The Morgan fingerprint density at radius 1 is 1.44 bits per heavy atom. The smallest absolute Gasteiger partial charge is 0.131 e. The molecule has 1 saturated heterocycles. The van der Waals surface area contributed by atoms with Crippen LogP contribution in [0.1, 0.15) is 38.3 Å². The fourth-order valence-corrected chi connectivity index (χ4v) is 3.00. The van der Waals surface area contributed by atoms with E-state index in [9.17, 15) is 0 Å². The highest BCUT2D eigenvalue weighted by Gasteiger charge is 2.32. The number of pyridine rings is 1. The zero-order valence-corrected chi connectivity index (χ0v) is 13.4. The molecule has 100 valence electrons. The van der Waals surface area contributed by atoms with Gasteiger partial charge in [-0.15, -0.1) is 0 Å². The molecule has 1 aliphatic rings. The Labute approximate surface area is 119 Å². The molecule has 0 amide bonds. The SMILES string of the molecule is Cc1cc(CBr)cnc1N1CCC(C(C)(C)C)C1. The van der Waals surface area contributed by atoms with Gasteiger partial charge in [-0.1, -0.05) is 42.8 Å². The average Bonchev–Trinajstić information content (AvgIpc) is 2.77. The van der Waals surface area contributed by atoms with Gasteiger partial charge in [0, 0.05) is 24.6 Å². The van der Waals surface area contributed by atoms with Crippen molar-refractivity contribution in [1.82, 2.24) is 4.98 Å². The number of rotatable bonds is 2. The summed E-state index contributed by atoms with van der Waals surface area (Å²) in [6, 6.07) is 2.24. The van der Waals surface area contributed by atoms with Gasteiger partial charge in [-0.3, -0.25) is 0 Å². The van der Waals surface area contributed by atoms with Crippen LogP contribution in [0, 0.1) is 18.3 Å². The molecular weight excluding hydrogens is 288 g/mol. The molecular formula is C15H23BrN2. The number of anilines is 1. The normalized spacial score (nSPS) is 20.5. The number of halogens is 1. The summed E-state index contributed by atoms with van der Waals surface area (Å²) in [4.78, 5) is 7.09. The van der Waals surface area contributed by atoms with E-state index in [1.165, 1.54) is 23.4 Å². The Morgan fingerprint density at radius 3 is 2.67 bits per heavy atom. The van der Waals surface area contributed by atoms with Gasteiger partial charge in [-0.05, 0) is 35.8 Å². The third-order valence-electron chi connectivity index (χ3n) is 3.97. The summed E-state index contributed by atoms with van der Waals surface area (Å²) in [6.45, 7) is 11.5. The molecule has 2 nitrogen and oxygen atoms in total. The molecule has 1 aromatic heterocycles. The van der Waals surface area contributed by atoms with Crippen molar-refractivity contribution in [1.29, 1.82) is 0 Å². The molecule has 1 fully saturated rings. The van der Waals surface area contributed by atoms with Gasteiger partial charge < -0.3 is 4.90 Å². The van der Waals surface area contributed by atoms with E-state index in [1.54, 1.807) is 0 Å². The minimum Gasteiger partial charge on any atom is -0.356 e. The molecule has 18 heavy (non-hydrogen) atoms. The predicted molar refractivity (Wildman–Crippen MR) is 81.4 cm³/mol. The van der Waals surface area contributed by atoms with E-state index in [-0.39, 0.29) is 0 Å². The first-order chi connectivity index (χ1) is 8.41. The summed E-state index contributed by atoms with van der Waals surface area (Å²) >= 11 is 3.48. The van der Waals surface area contributed by atoms with Crippen molar-refractivity contribution in [2.45, 2.75) is 39.4 Å². The van der Waals surface area contributed by atoms with Gasteiger partial charge in [0.2, 0.25) is 0 Å². The summed E-state index contributed by atoms with van der Waals surface area (Å²) < 4.78 is 0. The van der Waals surface area contributed by atoms with E-state index >= 15 is 0 Å². The van der Waals surface area contributed by atoms with Crippen LogP contribution in [0.15, 0.2) is 12.3 Å². The molecule has 2 heterocycles. The lowest BCUT2D eigenvalue weighted by Crippen LogP contribution is -2.26. The Bertz CT molecular complexity index is 423. The van der Waals surface area contributed by atoms with Crippen LogP contribution in [0.4, 0.5) is 5.82 Å². The minimum absolute atomic E-state index is 0.401. The van der Waals surface area contributed by atoms with Crippen LogP contribution >= 0.6 is 15.9 Å². The molecule has 0 bridgehead atoms. The van der Waals surface area contributed by atoms with Crippen molar-refractivity contribution in [2.75, 3.05) is 18.0 Å². The summed E-state index contributed by atoms with van der Waals surface area (Å²) in [5.74, 6) is 1.95. The standard InChI is InChI=1S/C15H23BrN2/c1-11-7-12(8-16)9-17-14(11)18-6-5-13(10-18)15(2,3)4/h7,9,13H,5-6,8,10H2,1-4H3. The van der Waals surface area contributed by atoms with Crippen LogP contribution in [-0.2, 0) is 5.33 Å². The molecule has 3 heteroatoms. The number of hydrogen-bond acceptors (Lipinski definition) is 2. The molecule has 1 aliphatic heterocycles. The number of hydrogen-bond donors (Lipinski definition) is 0. The van der Waals surface area contributed by atoms with Gasteiger partial charge in [-0.25, -0.2) is 4.98 Å². The van der Waals surface area contributed by atoms with Crippen molar-refractivity contribution in [3.63, 3.8) is 0 Å². The van der Waals surface area contributed by atoms with Crippen molar-refractivity contribution in [2.24, 2.45) is 11.3 Å². The maximum absolute atomic E-state index is 4.64. The van der Waals surface area contributed by atoms with E-state index in [1.807, 2.05) is 6.20 Å². The van der Waals surface area contributed by atoms with Crippen molar-refractivity contribution in [3.05, 3.63) is 23.4 Å². The zero-order valence-electron chi connectivity index (χ0n) is 11.8. The molecule has 1 aromatic rings. The third kappa shape index (κ3) is 2.87. The van der Waals surface area contributed by atoms with Gasteiger partial charge in [0.1, 0.15) is 5.82 Å². The van der Waals surface area contributed by atoms with E-state index in [2.05, 4.69) is 59.6 Å². The maximum Gasteiger partial charge on any atom is 0.131 e. The third-order valence-corrected chi connectivity index (χ3v) is 4.62. The first kappa shape index (κ1) is 13.9. The monoisotopic (exact) mass is 310 g/mol. The van der Waals surface area contributed by atoms with Gasteiger partial charge in [-0.2, -0.15) is 0 Å². The summed E-state index contributed by atoms with van der Waals surface area (Å²) in [6.07, 6.45) is 3.27. The second-order valence-corrected chi connectivity index (χ2v) is 6.98. The Balaban J connectivity index is 2.14. The fraction of sp³-hybridized carbons (Fsp3) is 0.667. The number of nitrogens with zero attached hydrogens (tertiary/aromatic N) is 2. The second-order valence-electron chi connectivity index (χ2n) is 6.42. The minimum atomic E-state index is 0.401. The Morgan fingerprint density at radius 2 is 2.17 bits per heavy atom. The Kier molecular flexibility index (Phi) is 4.00. The maximum atomic E-state index is 4.64. The lowest BCUT2D eigenvalue weighted by molar-refractivity contribution is 0.263. The summed E-state index contributed by atoms with van der Waals surface area (Å²) in [5.41, 5.74) is 2.95. The quantitative estimate of drug-likeness (QED) is 0.763. The number of aryl methyl sites for hydroxylation is 1. The zero-order chi connectivity index (χ0) is 13.3. The first-order valence-electron chi connectivity index (χ1n) is 6.68. The van der Waals surface area contributed by atoms with E-state index in [0.717, 1.165) is 24.3 Å². The molecule has 0 spiro atoms. The fourth-order valence-electron chi connectivity index (χ4n) is 2.69. The van der Waals surface area contributed by atoms with Gasteiger partial charge in [0.25, 0.3) is 0 Å². The number of alkyl halides is 1. The second kappa shape index (κ2) is 5.20. The van der Waals surface area contributed by atoms with E-state index in [0.29, 0.717) is 5.41 Å². The lowest BCUT2D eigenvalue weighted by Gasteiger charge is -2.27. The van der Waals surface area contributed by atoms with Crippen LogP contribution in [0.2, 0.25) is 0 Å². The van der Waals surface area contributed by atoms with E-state index in [4.69, 9.17) is 0 Å². The molecule has 2 rings (SSSR count). The Hall–Kier alpha value is -0.570. The topological polar surface area (TPSA) is 16.1 Å². The lowest BCUT2D eigenvalue weighted by atomic mass is 9.80. The molecule has 0 radical (unpaired) electrons. The average molecular weight is 311 g/mol. The highest BCUT2D eigenvalue weighted by molar-refractivity contribution is 9.08. The highest BCUT2D eigenvalue weighted by atomic mass is 79.9. The van der Waals surface area contributed by atoms with Crippen molar-refractivity contribution < 1.29 is 0 Å². The summed E-state index contributed by atoms with van der Waals surface area (Å²) in [7, 11) is 0. The molecule has 1 atom stereocenters. The predicted octanol–water partition coefficient (Wildman–Crippen LogP) is 4.16. The van der Waals surface area contributed by atoms with Crippen LogP contribution in [0.25, 0.3) is 0 Å². The van der Waals surface area contributed by atoms with Gasteiger partial charge in [0.15, 0.2) is 0 Å². The molecule has 0 aliphatic carbocycles. The van der Waals surface area contributed by atoms with Crippen LogP contribution in [0.3, 0.4) is 0 Å². The van der Waals surface area contributed by atoms with Crippen LogP contribution in [-0.4, -0.2) is 18.1 Å². The largest absolute Gasteiger partial charge is 0.356 e. The van der Waals surface area contributed by atoms with Crippen molar-refractivity contribution in [3.8, 4) is 0 Å². The molecule has 1 unspecified atom stereocenters. The molecule has 0 N–H and O–H groups in total.